The van der Waals surface area contributed by atoms with Gasteiger partial charge in [-0.05, 0) is 37.9 Å². The van der Waals surface area contributed by atoms with Gasteiger partial charge in [-0.3, -0.25) is 4.79 Å². The summed E-state index contributed by atoms with van der Waals surface area (Å²) in [6.45, 7) is 0.486. The van der Waals surface area contributed by atoms with E-state index in [0.29, 0.717) is 25.8 Å². The first-order valence-corrected chi connectivity index (χ1v) is 6.08. The highest BCUT2D eigenvalue weighted by Gasteiger charge is 2.21. The Balaban J connectivity index is 2.66. The van der Waals surface area contributed by atoms with Crippen LogP contribution in [0.2, 0.25) is 0 Å². The third-order valence-corrected chi connectivity index (χ3v) is 2.70. The molecule has 0 spiro atoms. The van der Waals surface area contributed by atoms with E-state index in [1.54, 1.807) is 12.1 Å². The number of phenolic OH excluding ortho intramolecular Hbond substituents is 1. The van der Waals surface area contributed by atoms with E-state index in [9.17, 15) is 14.7 Å². The third kappa shape index (κ3) is 4.59. The van der Waals surface area contributed by atoms with Crippen molar-refractivity contribution in [3.05, 3.63) is 29.8 Å². The highest BCUT2D eigenvalue weighted by Crippen LogP contribution is 2.15. The molecule has 0 aliphatic heterocycles. The lowest BCUT2D eigenvalue weighted by molar-refractivity contribution is -0.139. The second kappa shape index (κ2) is 7.38. The number of carbonyl (C=O) groups is 2. The van der Waals surface area contributed by atoms with Gasteiger partial charge in [0.05, 0.1) is 5.56 Å². The maximum atomic E-state index is 11.9. The van der Waals surface area contributed by atoms with Crippen LogP contribution in [0.5, 0.6) is 5.75 Å². The number of carbonyl (C=O) groups excluding carboxylic acids is 1. The SMILES string of the molecule is NCCCCC(NC(=O)c1ccccc1O)C(=O)O. The molecule has 19 heavy (non-hydrogen) atoms. The molecule has 6 nitrogen and oxygen atoms in total. The molecule has 0 aliphatic carbocycles. The predicted octanol–water partition coefficient (Wildman–Crippen LogP) is 0.704. The minimum atomic E-state index is -1.10. The zero-order valence-electron chi connectivity index (χ0n) is 10.5. The molecular weight excluding hydrogens is 248 g/mol. The minimum absolute atomic E-state index is 0.0626. The van der Waals surface area contributed by atoms with Gasteiger partial charge in [-0.15, -0.1) is 0 Å². The summed E-state index contributed by atoms with van der Waals surface area (Å²) >= 11 is 0. The molecule has 6 heteroatoms. The number of hydrogen-bond acceptors (Lipinski definition) is 4. The van der Waals surface area contributed by atoms with Crippen LogP contribution in [-0.4, -0.2) is 34.7 Å². The van der Waals surface area contributed by atoms with Gasteiger partial charge >= 0.3 is 5.97 Å². The van der Waals surface area contributed by atoms with Crippen LogP contribution >= 0.6 is 0 Å². The van der Waals surface area contributed by atoms with Gasteiger partial charge in [0.15, 0.2) is 0 Å². The largest absolute Gasteiger partial charge is 0.507 e. The lowest BCUT2D eigenvalue weighted by Gasteiger charge is -2.14. The molecule has 1 unspecified atom stereocenters. The summed E-state index contributed by atoms with van der Waals surface area (Å²) in [6.07, 6.45) is 1.64. The molecule has 0 saturated carbocycles. The van der Waals surface area contributed by atoms with Crippen molar-refractivity contribution in [2.75, 3.05) is 6.54 Å². The van der Waals surface area contributed by atoms with Crippen LogP contribution in [0, 0.1) is 0 Å². The summed E-state index contributed by atoms with van der Waals surface area (Å²) in [5.41, 5.74) is 5.40. The van der Waals surface area contributed by atoms with Gasteiger partial charge in [0.25, 0.3) is 5.91 Å². The van der Waals surface area contributed by atoms with Crippen molar-refractivity contribution in [2.24, 2.45) is 5.73 Å². The highest BCUT2D eigenvalue weighted by atomic mass is 16.4. The van der Waals surface area contributed by atoms with Crippen molar-refractivity contribution in [3.8, 4) is 5.75 Å². The summed E-state index contributed by atoms with van der Waals surface area (Å²) in [4.78, 5) is 22.9. The van der Waals surface area contributed by atoms with Gasteiger partial charge in [-0.1, -0.05) is 12.1 Å². The van der Waals surface area contributed by atoms with E-state index in [1.807, 2.05) is 0 Å². The number of unbranched alkanes of at least 4 members (excludes halogenated alkanes) is 1. The predicted molar refractivity (Wildman–Crippen MR) is 69.9 cm³/mol. The maximum Gasteiger partial charge on any atom is 0.326 e. The lowest BCUT2D eigenvalue weighted by atomic mass is 10.1. The fourth-order valence-corrected chi connectivity index (χ4v) is 1.65. The van der Waals surface area contributed by atoms with Crippen LogP contribution in [-0.2, 0) is 4.79 Å². The third-order valence-electron chi connectivity index (χ3n) is 2.70. The van der Waals surface area contributed by atoms with Crippen LogP contribution < -0.4 is 11.1 Å². The van der Waals surface area contributed by atoms with Crippen molar-refractivity contribution in [2.45, 2.75) is 25.3 Å². The number of phenols is 1. The minimum Gasteiger partial charge on any atom is -0.507 e. The van der Waals surface area contributed by atoms with E-state index in [1.165, 1.54) is 12.1 Å². The van der Waals surface area contributed by atoms with Crippen molar-refractivity contribution in [1.82, 2.24) is 5.32 Å². The van der Waals surface area contributed by atoms with Gasteiger partial charge < -0.3 is 21.3 Å². The van der Waals surface area contributed by atoms with E-state index in [0.717, 1.165) is 0 Å². The van der Waals surface area contributed by atoms with Crippen LogP contribution in [0.25, 0.3) is 0 Å². The second-order valence-electron chi connectivity index (χ2n) is 4.17. The van der Waals surface area contributed by atoms with Gasteiger partial charge in [0.2, 0.25) is 0 Å². The number of nitrogens with two attached hydrogens (primary N) is 1. The number of amides is 1. The molecule has 0 aromatic heterocycles. The number of para-hydroxylation sites is 1. The summed E-state index contributed by atoms with van der Waals surface area (Å²) in [7, 11) is 0. The summed E-state index contributed by atoms with van der Waals surface area (Å²) < 4.78 is 0. The van der Waals surface area contributed by atoms with E-state index in [2.05, 4.69) is 5.32 Å². The van der Waals surface area contributed by atoms with E-state index in [-0.39, 0.29) is 11.3 Å². The smallest absolute Gasteiger partial charge is 0.326 e. The molecule has 5 N–H and O–H groups in total. The standard InChI is InChI=1S/C13H18N2O4/c14-8-4-3-6-10(13(18)19)15-12(17)9-5-1-2-7-11(9)16/h1-2,5,7,10,16H,3-4,6,8,14H2,(H,15,17)(H,18,19). The summed E-state index contributed by atoms with van der Waals surface area (Å²) in [6, 6.07) is 5.02. The highest BCUT2D eigenvalue weighted by molar-refractivity contribution is 5.98. The second-order valence-corrected chi connectivity index (χ2v) is 4.17. The molecule has 1 aromatic rings. The average molecular weight is 266 g/mol. The summed E-state index contributed by atoms with van der Waals surface area (Å²) in [5.74, 6) is -1.87. The van der Waals surface area contributed by atoms with E-state index in [4.69, 9.17) is 10.8 Å². The Hall–Kier alpha value is -2.08. The van der Waals surface area contributed by atoms with Crippen molar-refractivity contribution >= 4 is 11.9 Å². The Labute approximate surface area is 111 Å². The molecule has 1 rings (SSSR count). The zero-order chi connectivity index (χ0) is 14.3. The molecule has 0 bridgehead atoms. The van der Waals surface area contributed by atoms with Crippen molar-refractivity contribution in [3.63, 3.8) is 0 Å². The monoisotopic (exact) mass is 266 g/mol. The average Bonchev–Trinajstić information content (AvgIpc) is 2.38. The molecule has 1 amide bonds. The first-order valence-electron chi connectivity index (χ1n) is 6.08. The number of aliphatic carboxylic acids is 1. The Morgan fingerprint density at radius 3 is 2.53 bits per heavy atom. The number of carboxylic acid groups (broad SMARTS) is 1. The molecule has 1 atom stereocenters. The van der Waals surface area contributed by atoms with E-state index >= 15 is 0 Å². The molecule has 0 heterocycles. The Kier molecular flexibility index (Phi) is 5.81. The first-order chi connectivity index (χ1) is 9.06. The molecule has 0 aliphatic rings. The number of aromatic hydroxyl groups is 1. The van der Waals surface area contributed by atoms with Crippen LogP contribution in [0.15, 0.2) is 24.3 Å². The van der Waals surface area contributed by atoms with Crippen LogP contribution in [0.3, 0.4) is 0 Å². The first kappa shape index (κ1) is 15.0. The van der Waals surface area contributed by atoms with Gasteiger partial charge in [-0.2, -0.15) is 0 Å². The van der Waals surface area contributed by atoms with Gasteiger partial charge in [0.1, 0.15) is 11.8 Å². The quantitative estimate of drug-likeness (QED) is 0.543. The number of carboxylic acids is 1. The maximum absolute atomic E-state index is 11.9. The van der Waals surface area contributed by atoms with Crippen LogP contribution in [0.1, 0.15) is 29.6 Å². The van der Waals surface area contributed by atoms with Gasteiger partial charge in [-0.25, -0.2) is 4.79 Å². The number of benzene rings is 1. The van der Waals surface area contributed by atoms with E-state index < -0.39 is 17.9 Å². The lowest BCUT2D eigenvalue weighted by Crippen LogP contribution is -2.40. The number of hydrogen-bond donors (Lipinski definition) is 4. The summed E-state index contributed by atoms with van der Waals surface area (Å²) in [5, 5.41) is 20.9. The molecule has 0 fully saturated rings. The zero-order valence-corrected chi connectivity index (χ0v) is 10.5. The van der Waals surface area contributed by atoms with Crippen molar-refractivity contribution < 1.29 is 19.8 Å². The van der Waals surface area contributed by atoms with Gasteiger partial charge in [0, 0.05) is 0 Å². The van der Waals surface area contributed by atoms with Crippen molar-refractivity contribution in [1.29, 1.82) is 0 Å². The Bertz CT molecular complexity index is 448. The number of rotatable bonds is 7. The Morgan fingerprint density at radius 1 is 1.26 bits per heavy atom. The molecule has 104 valence electrons. The molecular formula is C13H18N2O4. The topological polar surface area (TPSA) is 113 Å². The molecule has 1 aromatic carbocycles. The number of nitrogens with one attached hydrogen (secondary N) is 1. The fraction of sp³-hybridized carbons (Fsp3) is 0.385. The Morgan fingerprint density at radius 2 is 1.95 bits per heavy atom. The van der Waals surface area contributed by atoms with Crippen LogP contribution in [0.4, 0.5) is 0 Å². The fourth-order valence-electron chi connectivity index (χ4n) is 1.65. The molecule has 0 saturated heterocycles. The molecule has 0 radical (unpaired) electrons. The normalized spacial score (nSPS) is 11.8.